The van der Waals surface area contributed by atoms with Crippen molar-refractivity contribution in [1.82, 2.24) is 9.80 Å². The molecule has 6 heteroatoms. The SMILES string of the molecule is COCCCN1C(=O)C(c2cccs2)=C(N(C)Cc2ccccc2)C1=O. The number of amides is 2. The number of carbonyl (C=O) groups excluding carboxylic acids is 2. The molecule has 0 aliphatic carbocycles. The summed E-state index contributed by atoms with van der Waals surface area (Å²) in [6.45, 7) is 1.44. The minimum atomic E-state index is -0.229. The number of rotatable bonds is 8. The number of carbonyl (C=O) groups is 2. The normalized spacial score (nSPS) is 14.5. The summed E-state index contributed by atoms with van der Waals surface area (Å²) in [5.41, 5.74) is 2.06. The highest BCUT2D eigenvalue weighted by Gasteiger charge is 2.40. The average molecular weight is 370 g/mol. The van der Waals surface area contributed by atoms with Crippen molar-refractivity contribution in [2.24, 2.45) is 0 Å². The van der Waals surface area contributed by atoms with Gasteiger partial charge < -0.3 is 9.64 Å². The van der Waals surface area contributed by atoms with Gasteiger partial charge >= 0.3 is 0 Å². The Morgan fingerprint density at radius 1 is 1.08 bits per heavy atom. The summed E-state index contributed by atoms with van der Waals surface area (Å²) in [6, 6.07) is 13.7. The molecule has 0 atom stereocenters. The first-order valence-corrected chi connectivity index (χ1v) is 9.39. The molecule has 0 saturated carbocycles. The number of likely N-dealkylation sites (N-methyl/N-ethyl adjacent to an activating group) is 1. The van der Waals surface area contributed by atoms with E-state index in [0.29, 0.717) is 37.4 Å². The zero-order valence-corrected chi connectivity index (χ0v) is 15.8. The van der Waals surface area contributed by atoms with E-state index in [2.05, 4.69) is 0 Å². The maximum atomic E-state index is 13.0. The van der Waals surface area contributed by atoms with E-state index in [1.54, 1.807) is 7.11 Å². The van der Waals surface area contributed by atoms with Crippen LogP contribution in [0.15, 0.2) is 53.5 Å². The Balaban J connectivity index is 1.91. The van der Waals surface area contributed by atoms with Gasteiger partial charge in [0.25, 0.3) is 11.8 Å². The van der Waals surface area contributed by atoms with Crippen LogP contribution in [0, 0.1) is 0 Å². The van der Waals surface area contributed by atoms with E-state index in [0.717, 1.165) is 10.4 Å². The van der Waals surface area contributed by atoms with E-state index < -0.39 is 0 Å². The largest absolute Gasteiger partial charge is 0.385 e. The fourth-order valence-electron chi connectivity index (χ4n) is 3.07. The number of thiophene rings is 1. The number of imide groups is 1. The Labute approximate surface area is 157 Å². The fourth-order valence-corrected chi connectivity index (χ4v) is 3.83. The summed E-state index contributed by atoms with van der Waals surface area (Å²) in [5.74, 6) is -0.448. The molecule has 2 aromatic rings. The maximum Gasteiger partial charge on any atom is 0.277 e. The molecular weight excluding hydrogens is 348 g/mol. The quantitative estimate of drug-likeness (QED) is 0.529. The van der Waals surface area contributed by atoms with Crippen LogP contribution in [-0.4, -0.2) is 48.9 Å². The van der Waals surface area contributed by atoms with Crippen LogP contribution in [0.25, 0.3) is 5.57 Å². The molecule has 0 bridgehead atoms. The molecule has 2 amide bonds. The minimum Gasteiger partial charge on any atom is -0.385 e. The van der Waals surface area contributed by atoms with Crippen LogP contribution in [0.2, 0.25) is 0 Å². The molecule has 0 N–H and O–H groups in total. The zero-order valence-electron chi connectivity index (χ0n) is 15.0. The van der Waals surface area contributed by atoms with Crippen LogP contribution < -0.4 is 0 Å². The summed E-state index contributed by atoms with van der Waals surface area (Å²) in [7, 11) is 3.47. The Kier molecular flexibility index (Phi) is 5.85. The lowest BCUT2D eigenvalue weighted by molar-refractivity contribution is -0.137. The second-order valence-corrected chi connectivity index (χ2v) is 7.10. The topological polar surface area (TPSA) is 49.9 Å². The van der Waals surface area contributed by atoms with E-state index >= 15 is 0 Å². The van der Waals surface area contributed by atoms with Crippen molar-refractivity contribution in [3.63, 3.8) is 0 Å². The van der Waals surface area contributed by atoms with Gasteiger partial charge in [-0.25, -0.2) is 0 Å². The number of methoxy groups -OCH3 is 1. The number of benzene rings is 1. The van der Waals surface area contributed by atoms with Crippen molar-refractivity contribution < 1.29 is 14.3 Å². The van der Waals surface area contributed by atoms with Gasteiger partial charge in [0, 0.05) is 38.7 Å². The molecular formula is C20H22N2O3S. The number of nitrogens with zero attached hydrogens (tertiary/aromatic N) is 2. The Bertz CT molecular complexity index is 800. The lowest BCUT2D eigenvalue weighted by Crippen LogP contribution is -2.35. The highest BCUT2D eigenvalue weighted by Crippen LogP contribution is 2.34. The summed E-state index contributed by atoms with van der Waals surface area (Å²) in [5, 5.41) is 1.92. The number of hydrogen-bond donors (Lipinski definition) is 0. The molecule has 2 heterocycles. The lowest BCUT2D eigenvalue weighted by atomic mass is 10.1. The average Bonchev–Trinajstić information content (AvgIpc) is 3.24. The van der Waals surface area contributed by atoms with Gasteiger partial charge in [0.05, 0.1) is 5.57 Å². The lowest BCUT2D eigenvalue weighted by Gasteiger charge is -2.21. The van der Waals surface area contributed by atoms with Crippen LogP contribution in [0.4, 0.5) is 0 Å². The molecule has 0 unspecified atom stereocenters. The van der Waals surface area contributed by atoms with E-state index in [1.165, 1.54) is 16.2 Å². The van der Waals surface area contributed by atoms with E-state index in [-0.39, 0.29) is 11.8 Å². The number of ether oxygens (including phenoxy) is 1. The molecule has 0 spiro atoms. The van der Waals surface area contributed by atoms with Gasteiger partial charge in [-0.3, -0.25) is 14.5 Å². The van der Waals surface area contributed by atoms with Crippen LogP contribution in [0.3, 0.4) is 0 Å². The molecule has 1 aliphatic heterocycles. The first-order chi connectivity index (χ1) is 12.6. The van der Waals surface area contributed by atoms with Crippen molar-refractivity contribution in [3.8, 4) is 0 Å². The summed E-state index contributed by atoms with van der Waals surface area (Å²) in [4.78, 5) is 30.0. The van der Waals surface area contributed by atoms with Gasteiger partial charge in [0.15, 0.2) is 0 Å². The monoisotopic (exact) mass is 370 g/mol. The van der Waals surface area contributed by atoms with E-state index in [1.807, 2.05) is 59.8 Å². The van der Waals surface area contributed by atoms with Gasteiger partial charge in [-0.2, -0.15) is 0 Å². The second-order valence-electron chi connectivity index (χ2n) is 6.15. The Morgan fingerprint density at radius 3 is 2.50 bits per heavy atom. The molecule has 0 fully saturated rings. The molecule has 1 aromatic carbocycles. The van der Waals surface area contributed by atoms with E-state index in [4.69, 9.17) is 4.74 Å². The van der Waals surface area contributed by atoms with Crippen LogP contribution in [0.5, 0.6) is 0 Å². The van der Waals surface area contributed by atoms with E-state index in [9.17, 15) is 9.59 Å². The fraction of sp³-hybridized carbons (Fsp3) is 0.300. The summed E-state index contributed by atoms with van der Waals surface area (Å²) < 4.78 is 5.05. The smallest absolute Gasteiger partial charge is 0.277 e. The molecule has 1 aliphatic rings. The van der Waals surface area contributed by atoms with Crippen molar-refractivity contribution in [2.45, 2.75) is 13.0 Å². The van der Waals surface area contributed by atoms with Crippen molar-refractivity contribution >= 4 is 28.7 Å². The van der Waals surface area contributed by atoms with Crippen molar-refractivity contribution in [2.75, 3.05) is 27.3 Å². The van der Waals surface area contributed by atoms with Gasteiger partial charge in [0.2, 0.25) is 0 Å². The van der Waals surface area contributed by atoms with Gasteiger partial charge in [-0.05, 0) is 23.4 Å². The molecule has 0 saturated heterocycles. The van der Waals surface area contributed by atoms with Crippen molar-refractivity contribution in [1.29, 1.82) is 0 Å². The first-order valence-electron chi connectivity index (χ1n) is 8.52. The Morgan fingerprint density at radius 2 is 1.85 bits per heavy atom. The molecule has 5 nitrogen and oxygen atoms in total. The molecule has 26 heavy (non-hydrogen) atoms. The highest BCUT2D eigenvalue weighted by molar-refractivity contribution is 7.11. The second kappa shape index (κ2) is 8.29. The molecule has 3 rings (SSSR count). The van der Waals surface area contributed by atoms with Crippen LogP contribution in [-0.2, 0) is 20.9 Å². The van der Waals surface area contributed by atoms with Gasteiger partial charge in [-0.1, -0.05) is 36.4 Å². The zero-order chi connectivity index (χ0) is 18.5. The maximum absolute atomic E-state index is 13.0. The first kappa shape index (κ1) is 18.4. The highest BCUT2D eigenvalue weighted by atomic mass is 32.1. The molecule has 0 radical (unpaired) electrons. The van der Waals surface area contributed by atoms with Crippen molar-refractivity contribution in [3.05, 3.63) is 64.0 Å². The van der Waals surface area contributed by atoms with Crippen LogP contribution >= 0.6 is 11.3 Å². The molecule has 1 aromatic heterocycles. The standard InChI is InChI=1S/C20H22N2O3S/c1-21(14-15-8-4-3-5-9-15)18-17(16-10-6-13-26-16)19(23)22(20(18)24)11-7-12-25-2/h3-6,8-10,13H,7,11-12,14H2,1-2H3. The molecule has 136 valence electrons. The predicted molar refractivity (Wildman–Crippen MR) is 102 cm³/mol. The number of hydrogen-bond acceptors (Lipinski definition) is 5. The Hall–Kier alpha value is -2.44. The third-order valence-electron chi connectivity index (χ3n) is 4.29. The predicted octanol–water partition coefficient (Wildman–Crippen LogP) is 3.00. The summed E-state index contributed by atoms with van der Waals surface area (Å²) in [6.07, 6.45) is 0.626. The third-order valence-corrected chi connectivity index (χ3v) is 5.17. The third kappa shape index (κ3) is 3.71. The van der Waals surface area contributed by atoms with Gasteiger partial charge in [-0.15, -0.1) is 11.3 Å². The van der Waals surface area contributed by atoms with Gasteiger partial charge in [0.1, 0.15) is 5.70 Å². The van der Waals surface area contributed by atoms with Crippen LogP contribution in [0.1, 0.15) is 16.9 Å². The summed E-state index contributed by atoms with van der Waals surface area (Å²) >= 11 is 1.47. The minimum absolute atomic E-state index is 0.219.